The number of nitrogens with zero attached hydrogens (tertiary/aromatic N) is 2. The van der Waals surface area contributed by atoms with Crippen LogP contribution in [0.3, 0.4) is 0 Å². The van der Waals surface area contributed by atoms with Gasteiger partial charge in [0.1, 0.15) is 0 Å². The minimum absolute atomic E-state index is 0.00185. The molecule has 0 saturated carbocycles. The van der Waals surface area contributed by atoms with Crippen molar-refractivity contribution in [1.29, 1.82) is 0 Å². The monoisotopic (exact) mass is 269 g/mol. The number of Topliss-reactive ketones (excluding diaryl/α,β-unsaturated/α-hetero) is 1. The standard InChI is InChI=1S/C15H15N3O2/c1-17-8-4-7-13(17)14(19)9-18-10-15(20)16-11-5-2-3-6-12(11)18/h2-8H,9-10H2,1H3,(H,16,20). The van der Waals surface area contributed by atoms with Crippen molar-refractivity contribution in [3.8, 4) is 0 Å². The molecule has 5 nitrogen and oxygen atoms in total. The van der Waals surface area contributed by atoms with E-state index < -0.39 is 0 Å². The highest BCUT2D eigenvalue weighted by Gasteiger charge is 2.24. The number of nitrogens with one attached hydrogen (secondary N) is 1. The molecule has 0 atom stereocenters. The fraction of sp³-hybridized carbons (Fsp3) is 0.200. The molecule has 1 amide bonds. The molecule has 0 aliphatic carbocycles. The molecule has 5 heteroatoms. The second kappa shape index (κ2) is 4.85. The van der Waals surface area contributed by atoms with Crippen LogP contribution >= 0.6 is 0 Å². The van der Waals surface area contributed by atoms with Gasteiger partial charge < -0.3 is 14.8 Å². The molecule has 1 aliphatic rings. The van der Waals surface area contributed by atoms with Gasteiger partial charge in [0.15, 0.2) is 5.78 Å². The van der Waals surface area contributed by atoms with Crippen LogP contribution in [0.15, 0.2) is 42.6 Å². The van der Waals surface area contributed by atoms with Gasteiger partial charge in [-0.1, -0.05) is 12.1 Å². The van der Waals surface area contributed by atoms with Crippen LogP contribution in [0.1, 0.15) is 10.5 Å². The smallest absolute Gasteiger partial charge is 0.243 e. The van der Waals surface area contributed by atoms with Crippen molar-refractivity contribution >= 4 is 23.1 Å². The molecule has 0 radical (unpaired) electrons. The van der Waals surface area contributed by atoms with E-state index in [0.29, 0.717) is 5.69 Å². The van der Waals surface area contributed by atoms with Gasteiger partial charge in [0.25, 0.3) is 0 Å². The normalized spacial score (nSPS) is 13.8. The van der Waals surface area contributed by atoms with Crippen molar-refractivity contribution in [3.63, 3.8) is 0 Å². The Labute approximate surface area is 116 Å². The lowest BCUT2D eigenvalue weighted by Gasteiger charge is -2.30. The number of fused-ring (bicyclic) bond motifs is 1. The molecule has 1 aliphatic heterocycles. The van der Waals surface area contributed by atoms with E-state index in [0.717, 1.165) is 11.4 Å². The first-order valence-electron chi connectivity index (χ1n) is 6.43. The Kier molecular flexibility index (Phi) is 3.02. The molecule has 2 aromatic rings. The van der Waals surface area contributed by atoms with Crippen LogP contribution in [0.5, 0.6) is 0 Å². The summed E-state index contributed by atoms with van der Waals surface area (Å²) in [6, 6.07) is 11.1. The summed E-state index contributed by atoms with van der Waals surface area (Å²) < 4.78 is 1.79. The Balaban J connectivity index is 1.86. The van der Waals surface area contributed by atoms with E-state index in [1.165, 1.54) is 0 Å². The zero-order valence-corrected chi connectivity index (χ0v) is 11.2. The third-order valence-corrected chi connectivity index (χ3v) is 3.42. The Morgan fingerprint density at radius 1 is 1.25 bits per heavy atom. The van der Waals surface area contributed by atoms with Gasteiger partial charge in [0.05, 0.1) is 30.2 Å². The third-order valence-electron chi connectivity index (χ3n) is 3.42. The lowest BCUT2D eigenvalue weighted by Crippen LogP contribution is -2.41. The van der Waals surface area contributed by atoms with E-state index in [9.17, 15) is 9.59 Å². The van der Waals surface area contributed by atoms with Gasteiger partial charge in [-0.05, 0) is 24.3 Å². The van der Waals surface area contributed by atoms with Gasteiger partial charge in [-0.25, -0.2) is 0 Å². The van der Waals surface area contributed by atoms with Gasteiger partial charge in [0.2, 0.25) is 5.91 Å². The quantitative estimate of drug-likeness (QED) is 0.862. The number of hydrogen-bond donors (Lipinski definition) is 1. The van der Waals surface area contributed by atoms with Crippen molar-refractivity contribution in [3.05, 3.63) is 48.3 Å². The van der Waals surface area contributed by atoms with E-state index in [1.54, 1.807) is 10.6 Å². The predicted octanol–water partition coefficient (Wildman–Crippen LogP) is 1.67. The van der Waals surface area contributed by atoms with Gasteiger partial charge in [0, 0.05) is 13.2 Å². The van der Waals surface area contributed by atoms with E-state index in [1.807, 2.05) is 48.5 Å². The first-order valence-corrected chi connectivity index (χ1v) is 6.43. The van der Waals surface area contributed by atoms with Gasteiger partial charge >= 0.3 is 0 Å². The molecule has 0 bridgehead atoms. The molecule has 1 aromatic heterocycles. The predicted molar refractivity (Wildman–Crippen MR) is 77.0 cm³/mol. The molecule has 0 saturated heterocycles. The maximum atomic E-state index is 12.3. The molecule has 2 heterocycles. The van der Waals surface area contributed by atoms with Crippen LogP contribution in [0.4, 0.5) is 11.4 Å². The second-order valence-electron chi connectivity index (χ2n) is 4.85. The Hall–Kier alpha value is -2.56. The highest BCUT2D eigenvalue weighted by atomic mass is 16.2. The first kappa shape index (κ1) is 12.5. The Morgan fingerprint density at radius 3 is 2.80 bits per heavy atom. The highest BCUT2D eigenvalue weighted by Crippen LogP contribution is 2.28. The molecule has 0 unspecified atom stereocenters. The van der Waals surface area contributed by atoms with Crippen molar-refractivity contribution in [2.24, 2.45) is 7.05 Å². The topological polar surface area (TPSA) is 54.3 Å². The lowest BCUT2D eigenvalue weighted by molar-refractivity contribution is -0.115. The van der Waals surface area contributed by atoms with E-state index in [-0.39, 0.29) is 24.8 Å². The number of hydrogen-bond acceptors (Lipinski definition) is 3. The van der Waals surface area contributed by atoms with Crippen molar-refractivity contribution in [1.82, 2.24) is 4.57 Å². The number of benzene rings is 1. The average Bonchev–Trinajstić information content (AvgIpc) is 2.85. The maximum absolute atomic E-state index is 12.3. The van der Waals surface area contributed by atoms with Crippen LogP contribution in [-0.4, -0.2) is 29.3 Å². The zero-order valence-electron chi connectivity index (χ0n) is 11.2. The van der Waals surface area contributed by atoms with Crippen LogP contribution in [0.2, 0.25) is 0 Å². The van der Waals surface area contributed by atoms with E-state index in [4.69, 9.17) is 0 Å². The maximum Gasteiger partial charge on any atom is 0.243 e. The number of carbonyl (C=O) groups is 2. The molecule has 0 fully saturated rings. The Morgan fingerprint density at radius 2 is 2.05 bits per heavy atom. The summed E-state index contributed by atoms with van der Waals surface area (Å²) in [5, 5.41) is 2.81. The van der Waals surface area contributed by atoms with E-state index >= 15 is 0 Å². The summed E-state index contributed by atoms with van der Waals surface area (Å²) >= 11 is 0. The SMILES string of the molecule is Cn1cccc1C(=O)CN1CC(=O)Nc2ccccc21. The fourth-order valence-electron chi connectivity index (χ4n) is 2.45. The van der Waals surface area contributed by atoms with Gasteiger partial charge in [-0.15, -0.1) is 0 Å². The summed E-state index contributed by atoms with van der Waals surface area (Å²) in [5.41, 5.74) is 2.28. The summed E-state index contributed by atoms with van der Waals surface area (Å²) in [6.45, 7) is 0.398. The molecule has 0 spiro atoms. The molecular weight excluding hydrogens is 254 g/mol. The zero-order chi connectivity index (χ0) is 14.1. The van der Waals surface area contributed by atoms with Crippen molar-refractivity contribution in [2.75, 3.05) is 23.3 Å². The van der Waals surface area contributed by atoms with Gasteiger partial charge in [-0.2, -0.15) is 0 Å². The lowest BCUT2D eigenvalue weighted by atomic mass is 10.1. The van der Waals surface area contributed by atoms with Crippen LogP contribution in [-0.2, 0) is 11.8 Å². The molecule has 20 heavy (non-hydrogen) atoms. The second-order valence-corrected chi connectivity index (χ2v) is 4.85. The first-order chi connectivity index (χ1) is 9.65. The number of ketones is 1. The number of carbonyl (C=O) groups excluding carboxylic acids is 2. The molecule has 1 aromatic carbocycles. The number of aromatic nitrogens is 1. The summed E-state index contributed by atoms with van der Waals surface area (Å²) in [7, 11) is 1.84. The highest BCUT2D eigenvalue weighted by molar-refractivity contribution is 6.04. The number of anilines is 2. The summed E-state index contributed by atoms with van der Waals surface area (Å²) in [4.78, 5) is 25.8. The Bertz CT molecular complexity index is 675. The third kappa shape index (κ3) is 2.18. The largest absolute Gasteiger partial charge is 0.353 e. The number of amides is 1. The van der Waals surface area contributed by atoms with Crippen molar-refractivity contribution < 1.29 is 9.59 Å². The van der Waals surface area contributed by atoms with Crippen molar-refractivity contribution in [2.45, 2.75) is 0 Å². The minimum Gasteiger partial charge on any atom is -0.353 e. The molecular formula is C15H15N3O2. The molecule has 1 N–H and O–H groups in total. The fourth-order valence-corrected chi connectivity index (χ4v) is 2.45. The molecule has 102 valence electrons. The summed E-state index contributed by atoms with van der Waals surface area (Å²) in [6.07, 6.45) is 1.84. The number of para-hydroxylation sites is 2. The average molecular weight is 269 g/mol. The van der Waals surface area contributed by atoms with Gasteiger partial charge in [-0.3, -0.25) is 9.59 Å². The summed E-state index contributed by atoms with van der Waals surface area (Å²) in [5.74, 6) is -0.0922. The minimum atomic E-state index is -0.0941. The number of aryl methyl sites for hydroxylation is 1. The van der Waals surface area contributed by atoms with Crippen LogP contribution in [0, 0.1) is 0 Å². The van der Waals surface area contributed by atoms with Crippen LogP contribution < -0.4 is 10.2 Å². The van der Waals surface area contributed by atoms with Crippen LogP contribution in [0.25, 0.3) is 0 Å². The molecule has 3 rings (SSSR count). The van der Waals surface area contributed by atoms with E-state index in [2.05, 4.69) is 5.32 Å². The number of rotatable bonds is 3.